The third-order valence-electron chi connectivity index (χ3n) is 3.14. The van der Waals surface area contributed by atoms with E-state index < -0.39 is 11.6 Å². The molecule has 0 amide bonds. The van der Waals surface area contributed by atoms with Gasteiger partial charge in [0, 0.05) is 18.2 Å². The molecule has 3 heteroatoms. The second kappa shape index (κ2) is 5.93. The van der Waals surface area contributed by atoms with Crippen molar-refractivity contribution < 1.29 is 8.78 Å². The Hall–Kier alpha value is -1.74. The fraction of sp³-hybridized carbons (Fsp3) is 0.250. The van der Waals surface area contributed by atoms with Gasteiger partial charge < -0.3 is 5.32 Å². The molecule has 0 heterocycles. The quantitative estimate of drug-likeness (QED) is 0.872. The first-order chi connectivity index (χ1) is 9.08. The van der Waals surface area contributed by atoms with Crippen LogP contribution in [0, 0.1) is 18.6 Å². The Labute approximate surface area is 112 Å². The van der Waals surface area contributed by atoms with Crippen LogP contribution in [0.2, 0.25) is 0 Å². The smallest absolute Gasteiger partial charge is 0.163 e. The third-order valence-corrected chi connectivity index (χ3v) is 3.14. The summed E-state index contributed by atoms with van der Waals surface area (Å²) in [4.78, 5) is 0. The minimum Gasteiger partial charge on any atom is -0.306 e. The Balaban J connectivity index is 2.05. The third kappa shape index (κ3) is 3.38. The number of hydrogen-bond donors (Lipinski definition) is 1. The lowest BCUT2D eigenvalue weighted by Crippen LogP contribution is -2.19. The molecule has 0 radical (unpaired) electrons. The first-order valence-corrected chi connectivity index (χ1v) is 6.31. The zero-order chi connectivity index (χ0) is 13.8. The van der Waals surface area contributed by atoms with Crippen molar-refractivity contribution in [3.8, 4) is 0 Å². The minimum absolute atomic E-state index is 0.240. The first-order valence-electron chi connectivity index (χ1n) is 6.31. The van der Waals surface area contributed by atoms with Crippen molar-refractivity contribution >= 4 is 0 Å². The number of rotatable bonds is 4. The molecule has 0 aliphatic rings. The molecular formula is C16H17F2N. The largest absolute Gasteiger partial charge is 0.306 e. The summed E-state index contributed by atoms with van der Waals surface area (Å²) in [6.45, 7) is 4.48. The SMILES string of the molecule is Cc1cccc(CNC(C)c2cccc(F)c2F)c1. The standard InChI is InChI=1S/C16H17F2N/c1-11-5-3-6-13(9-11)10-19-12(2)14-7-4-8-15(17)16(14)18/h3-9,12,19H,10H2,1-2H3. The summed E-state index contributed by atoms with van der Waals surface area (Å²) >= 11 is 0. The molecule has 2 aromatic carbocycles. The van der Waals surface area contributed by atoms with Crippen LogP contribution >= 0.6 is 0 Å². The number of aryl methyl sites for hydroxylation is 1. The van der Waals surface area contributed by atoms with E-state index >= 15 is 0 Å². The Morgan fingerprint density at radius 3 is 2.58 bits per heavy atom. The highest BCUT2D eigenvalue weighted by Gasteiger charge is 2.13. The van der Waals surface area contributed by atoms with Gasteiger partial charge in [0.15, 0.2) is 11.6 Å². The lowest BCUT2D eigenvalue weighted by atomic mass is 10.1. The normalized spacial score (nSPS) is 12.4. The highest BCUT2D eigenvalue weighted by Crippen LogP contribution is 2.19. The molecule has 2 aromatic rings. The van der Waals surface area contributed by atoms with Crippen LogP contribution < -0.4 is 5.32 Å². The fourth-order valence-electron chi connectivity index (χ4n) is 2.06. The van der Waals surface area contributed by atoms with Crippen molar-refractivity contribution in [3.05, 3.63) is 70.8 Å². The molecule has 0 aliphatic carbocycles. The van der Waals surface area contributed by atoms with Crippen molar-refractivity contribution in [3.63, 3.8) is 0 Å². The predicted molar refractivity (Wildman–Crippen MR) is 72.8 cm³/mol. The number of benzene rings is 2. The van der Waals surface area contributed by atoms with Gasteiger partial charge in [-0.3, -0.25) is 0 Å². The summed E-state index contributed by atoms with van der Waals surface area (Å²) in [7, 11) is 0. The first kappa shape index (κ1) is 13.7. The average Bonchev–Trinajstić information content (AvgIpc) is 2.39. The van der Waals surface area contributed by atoms with Crippen LogP contribution in [0.3, 0.4) is 0 Å². The Kier molecular flexibility index (Phi) is 4.27. The average molecular weight is 261 g/mol. The lowest BCUT2D eigenvalue weighted by molar-refractivity contribution is 0.472. The van der Waals surface area contributed by atoms with E-state index in [1.54, 1.807) is 6.07 Å². The van der Waals surface area contributed by atoms with E-state index in [0.717, 1.165) is 11.6 Å². The molecule has 0 fully saturated rings. The molecule has 1 unspecified atom stereocenters. The summed E-state index contributed by atoms with van der Waals surface area (Å²) in [6.07, 6.45) is 0. The predicted octanol–water partition coefficient (Wildman–Crippen LogP) is 4.12. The van der Waals surface area contributed by atoms with Gasteiger partial charge >= 0.3 is 0 Å². The van der Waals surface area contributed by atoms with Crippen molar-refractivity contribution in [1.82, 2.24) is 5.32 Å². The van der Waals surface area contributed by atoms with Crippen LogP contribution in [0.25, 0.3) is 0 Å². The number of halogens is 2. The van der Waals surface area contributed by atoms with E-state index in [1.807, 2.05) is 32.0 Å². The maximum atomic E-state index is 13.6. The van der Waals surface area contributed by atoms with Crippen LogP contribution in [0.1, 0.15) is 29.7 Å². The van der Waals surface area contributed by atoms with E-state index in [4.69, 9.17) is 0 Å². The lowest BCUT2D eigenvalue weighted by Gasteiger charge is -2.15. The molecule has 1 atom stereocenters. The summed E-state index contributed by atoms with van der Waals surface area (Å²) in [5.41, 5.74) is 2.67. The molecule has 0 aromatic heterocycles. The van der Waals surface area contributed by atoms with Gasteiger partial charge in [-0.15, -0.1) is 0 Å². The topological polar surface area (TPSA) is 12.0 Å². The molecule has 0 saturated heterocycles. The van der Waals surface area contributed by atoms with Gasteiger partial charge in [-0.05, 0) is 25.5 Å². The van der Waals surface area contributed by atoms with Crippen LogP contribution in [-0.4, -0.2) is 0 Å². The molecule has 19 heavy (non-hydrogen) atoms. The molecule has 1 nitrogen and oxygen atoms in total. The van der Waals surface area contributed by atoms with Gasteiger partial charge in [-0.2, -0.15) is 0 Å². The van der Waals surface area contributed by atoms with Crippen LogP contribution in [-0.2, 0) is 6.54 Å². The summed E-state index contributed by atoms with van der Waals surface area (Å²) < 4.78 is 26.8. The molecular weight excluding hydrogens is 244 g/mol. The summed E-state index contributed by atoms with van der Waals surface area (Å²) in [6, 6.07) is 12.1. The minimum atomic E-state index is -0.804. The zero-order valence-corrected chi connectivity index (χ0v) is 11.1. The van der Waals surface area contributed by atoms with Crippen LogP contribution in [0.5, 0.6) is 0 Å². The van der Waals surface area contributed by atoms with Crippen molar-refractivity contribution in [2.75, 3.05) is 0 Å². The molecule has 0 bridgehead atoms. The molecule has 0 saturated carbocycles. The Morgan fingerprint density at radius 1 is 1.11 bits per heavy atom. The van der Waals surface area contributed by atoms with Gasteiger partial charge in [0.1, 0.15) is 0 Å². The molecule has 0 aliphatic heterocycles. The van der Waals surface area contributed by atoms with Crippen molar-refractivity contribution in [1.29, 1.82) is 0 Å². The number of hydrogen-bond acceptors (Lipinski definition) is 1. The molecule has 1 N–H and O–H groups in total. The van der Waals surface area contributed by atoms with Crippen LogP contribution in [0.4, 0.5) is 8.78 Å². The van der Waals surface area contributed by atoms with E-state index in [1.165, 1.54) is 11.6 Å². The highest BCUT2D eigenvalue weighted by atomic mass is 19.2. The monoisotopic (exact) mass is 261 g/mol. The maximum Gasteiger partial charge on any atom is 0.163 e. The van der Waals surface area contributed by atoms with E-state index in [9.17, 15) is 8.78 Å². The van der Waals surface area contributed by atoms with E-state index in [0.29, 0.717) is 12.1 Å². The second-order valence-electron chi connectivity index (χ2n) is 4.73. The fourth-order valence-corrected chi connectivity index (χ4v) is 2.06. The zero-order valence-electron chi connectivity index (χ0n) is 11.1. The van der Waals surface area contributed by atoms with Gasteiger partial charge in [0.25, 0.3) is 0 Å². The van der Waals surface area contributed by atoms with Crippen molar-refractivity contribution in [2.24, 2.45) is 0 Å². The van der Waals surface area contributed by atoms with Gasteiger partial charge in [0.05, 0.1) is 0 Å². The maximum absolute atomic E-state index is 13.6. The summed E-state index contributed by atoms with van der Waals surface area (Å²) in [5.74, 6) is -1.58. The highest BCUT2D eigenvalue weighted by molar-refractivity contribution is 5.24. The molecule has 0 spiro atoms. The van der Waals surface area contributed by atoms with Crippen molar-refractivity contribution in [2.45, 2.75) is 26.4 Å². The van der Waals surface area contributed by atoms with Gasteiger partial charge in [0.2, 0.25) is 0 Å². The Bertz CT molecular complexity index is 566. The summed E-state index contributed by atoms with van der Waals surface area (Å²) in [5, 5.41) is 3.20. The van der Waals surface area contributed by atoms with Gasteiger partial charge in [-0.1, -0.05) is 42.0 Å². The van der Waals surface area contributed by atoms with E-state index in [-0.39, 0.29) is 6.04 Å². The number of nitrogens with one attached hydrogen (secondary N) is 1. The Morgan fingerprint density at radius 2 is 1.84 bits per heavy atom. The van der Waals surface area contributed by atoms with Crippen LogP contribution in [0.15, 0.2) is 42.5 Å². The van der Waals surface area contributed by atoms with Gasteiger partial charge in [-0.25, -0.2) is 8.78 Å². The molecule has 100 valence electrons. The second-order valence-corrected chi connectivity index (χ2v) is 4.73. The molecule has 2 rings (SSSR count). The van der Waals surface area contributed by atoms with E-state index in [2.05, 4.69) is 11.4 Å².